The Labute approximate surface area is 150 Å². The first-order valence-electron chi connectivity index (χ1n) is 7.51. The molecular formula is C16H20O10. The predicted molar refractivity (Wildman–Crippen MR) is 82.1 cm³/mol. The number of ether oxygens (including phenoxy) is 6. The highest BCUT2D eigenvalue weighted by atomic mass is 16.7. The molecule has 0 N–H and O–H groups in total. The lowest BCUT2D eigenvalue weighted by atomic mass is 10.1. The smallest absolute Gasteiger partial charge is 0.350 e. The Morgan fingerprint density at radius 3 is 2.08 bits per heavy atom. The predicted octanol–water partition coefficient (Wildman–Crippen LogP) is -0.671. The Balaban J connectivity index is 3.24. The van der Waals surface area contributed by atoms with Gasteiger partial charge in [-0.05, 0) is 0 Å². The van der Waals surface area contributed by atoms with Crippen LogP contribution < -0.4 is 0 Å². The van der Waals surface area contributed by atoms with Crippen LogP contribution in [-0.2, 0) is 47.6 Å². The second-order valence-corrected chi connectivity index (χ2v) is 5.19. The van der Waals surface area contributed by atoms with Crippen molar-refractivity contribution in [2.24, 2.45) is 0 Å². The molecule has 0 aromatic rings. The van der Waals surface area contributed by atoms with Crippen LogP contribution in [0.1, 0.15) is 20.8 Å². The van der Waals surface area contributed by atoms with Gasteiger partial charge in [0.15, 0.2) is 18.5 Å². The molecule has 1 fully saturated rings. The van der Waals surface area contributed by atoms with Gasteiger partial charge in [-0.1, -0.05) is 5.92 Å². The molecule has 0 aromatic carbocycles. The maximum atomic E-state index is 12.0. The summed E-state index contributed by atoms with van der Waals surface area (Å²) in [5.41, 5.74) is 0. The minimum atomic E-state index is -1.58. The van der Waals surface area contributed by atoms with Crippen molar-refractivity contribution in [2.45, 2.75) is 51.5 Å². The summed E-state index contributed by atoms with van der Waals surface area (Å²) < 4.78 is 30.6. The van der Waals surface area contributed by atoms with Crippen molar-refractivity contribution in [3.63, 3.8) is 0 Å². The van der Waals surface area contributed by atoms with Crippen molar-refractivity contribution in [1.82, 2.24) is 0 Å². The standard InChI is InChI=1S/C16H20O10/c1-6-7-22-16-14(25-10(4)19)12(23-8(2)17)11(26-16)13(15(20)21-5)24-9(3)18/h1,11-14,16H,7H2,2-5H3/t11-,12+,13?,14-,16-/m1/s1. The molecule has 0 bridgehead atoms. The number of terminal acetylenes is 1. The molecule has 1 saturated heterocycles. The van der Waals surface area contributed by atoms with E-state index in [-0.39, 0.29) is 6.61 Å². The van der Waals surface area contributed by atoms with Crippen molar-refractivity contribution in [3.05, 3.63) is 0 Å². The summed E-state index contributed by atoms with van der Waals surface area (Å²) in [4.78, 5) is 46.2. The summed E-state index contributed by atoms with van der Waals surface area (Å²) in [5, 5.41) is 0. The first kappa shape index (κ1) is 21.4. The number of carbonyl (C=O) groups is 4. The Hall–Kier alpha value is -2.64. The van der Waals surface area contributed by atoms with Crippen LogP contribution in [-0.4, -0.2) is 68.3 Å². The summed E-state index contributed by atoms with van der Waals surface area (Å²) in [5.74, 6) is -1.01. The van der Waals surface area contributed by atoms with Gasteiger partial charge in [-0.2, -0.15) is 0 Å². The lowest BCUT2D eigenvalue weighted by molar-refractivity contribution is -0.198. The molecule has 0 radical (unpaired) electrons. The number of esters is 4. The quantitative estimate of drug-likeness (QED) is 0.323. The Morgan fingerprint density at radius 1 is 1.04 bits per heavy atom. The van der Waals surface area contributed by atoms with E-state index in [2.05, 4.69) is 10.7 Å². The van der Waals surface area contributed by atoms with Gasteiger partial charge in [0.2, 0.25) is 6.10 Å². The van der Waals surface area contributed by atoms with Crippen LogP contribution in [0.25, 0.3) is 0 Å². The number of methoxy groups -OCH3 is 1. The normalized spacial score (nSPS) is 25.5. The molecule has 1 aliphatic heterocycles. The molecule has 10 nitrogen and oxygen atoms in total. The molecule has 0 aromatic heterocycles. The fraction of sp³-hybridized carbons (Fsp3) is 0.625. The number of hydrogen-bond donors (Lipinski definition) is 0. The first-order chi connectivity index (χ1) is 12.2. The molecule has 5 atom stereocenters. The van der Waals surface area contributed by atoms with Gasteiger partial charge < -0.3 is 28.4 Å². The highest BCUT2D eigenvalue weighted by Crippen LogP contribution is 2.31. The van der Waals surface area contributed by atoms with Gasteiger partial charge in [0, 0.05) is 20.8 Å². The molecule has 26 heavy (non-hydrogen) atoms. The van der Waals surface area contributed by atoms with E-state index in [4.69, 9.17) is 30.1 Å². The van der Waals surface area contributed by atoms with Gasteiger partial charge in [-0.25, -0.2) is 4.79 Å². The Kier molecular flexibility index (Phi) is 8.02. The van der Waals surface area contributed by atoms with Gasteiger partial charge in [-0.15, -0.1) is 6.42 Å². The summed E-state index contributed by atoms with van der Waals surface area (Å²) >= 11 is 0. The van der Waals surface area contributed by atoms with E-state index in [1.54, 1.807) is 0 Å². The molecule has 1 heterocycles. The Morgan fingerprint density at radius 2 is 1.62 bits per heavy atom. The van der Waals surface area contributed by atoms with Crippen LogP contribution in [0.15, 0.2) is 0 Å². The van der Waals surface area contributed by atoms with E-state index in [0.717, 1.165) is 27.9 Å². The van der Waals surface area contributed by atoms with Gasteiger partial charge >= 0.3 is 23.9 Å². The monoisotopic (exact) mass is 372 g/mol. The zero-order valence-corrected chi connectivity index (χ0v) is 14.8. The minimum Gasteiger partial charge on any atom is -0.466 e. The van der Waals surface area contributed by atoms with Gasteiger partial charge in [0.25, 0.3) is 0 Å². The molecule has 0 spiro atoms. The molecule has 1 unspecified atom stereocenters. The second-order valence-electron chi connectivity index (χ2n) is 5.19. The molecular weight excluding hydrogens is 352 g/mol. The molecule has 0 saturated carbocycles. The van der Waals surface area contributed by atoms with Gasteiger partial charge in [0.05, 0.1) is 7.11 Å². The maximum Gasteiger partial charge on any atom is 0.350 e. The highest BCUT2D eigenvalue weighted by Gasteiger charge is 2.55. The average Bonchev–Trinajstić information content (AvgIpc) is 2.86. The first-order valence-corrected chi connectivity index (χ1v) is 7.51. The summed E-state index contributed by atoms with van der Waals surface area (Å²) in [6.45, 7) is 3.09. The highest BCUT2D eigenvalue weighted by molar-refractivity contribution is 5.79. The van der Waals surface area contributed by atoms with Crippen molar-refractivity contribution < 1.29 is 47.6 Å². The molecule has 0 aliphatic carbocycles. The second kappa shape index (κ2) is 9.74. The van der Waals surface area contributed by atoms with Crippen molar-refractivity contribution in [3.8, 4) is 12.3 Å². The van der Waals surface area contributed by atoms with E-state index in [1.807, 2.05) is 0 Å². The third-order valence-corrected chi connectivity index (χ3v) is 3.17. The third kappa shape index (κ3) is 5.72. The van der Waals surface area contributed by atoms with Crippen LogP contribution in [0.2, 0.25) is 0 Å². The SMILES string of the molecule is C#CCO[C@@H]1O[C@@H](C(OC(C)=O)C(=O)OC)[C@H](OC(C)=O)[C@H]1OC(C)=O. The maximum absolute atomic E-state index is 12.0. The number of hydrogen-bond acceptors (Lipinski definition) is 10. The zero-order valence-electron chi connectivity index (χ0n) is 14.8. The van der Waals surface area contributed by atoms with Crippen LogP contribution in [0.4, 0.5) is 0 Å². The van der Waals surface area contributed by atoms with Gasteiger partial charge in [-0.3, -0.25) is 14.4 Å². The lowest BCUT2D eigenvalue weighted by Crippen LogP contribution is -2.48. The van der Waals surface area contributed by atoms with Crippen molar-refractivity contribution in [2.75, 3.05) is 13.7 Å². The van der Waals surface area contributed by atoms with Crippen LogP contribution in [0.3, 0.4) is 0 Å². The van der Waals surface area contributed by atoms with Crippen LogP contribution in [0.5, 0.6) is 0 Å². The lowest BCUT2D eigenvalue weighted by Gasteiger charge is -2.26. The number of carbonyl (C=O) groups excluding carboxylic acids is 4. The average molecular weight is 372 g/mol. The van der Waals surface area contributed by atoms with Crippen LogP contribution in [0, 0.1) is 12.3 Å². The van der Waals surface area contributed by atoms with E-state index in [0.29, 0.717) is 0 Å². The summed E-state index contributed by atoms with van der Waals surface area (Å²) in [6, 6.07) is 0. The molecule has 144 valence electrons. The van der Waals surface area contributed by atoms with Crippen molar-refractivity contribution >= 4 is 23.9 Å². The van der Waals surface area contributed by atoms with E-state index in [9.17, 15) is 19.2 Å². The van der Waals surface area contributed by atoms with Gasteiger partial charge in [0.1, 0.15) is 12.7 Å². The zero-order chi connectivity index (χ0) is 19.9. The Bertz CT molecular complexity index is 592. The largest absolute Gasteiger partial charge is 0.466 e. The molecule has 1 rings (SSSR count). The minimum absolute atomic E-state index is 0.210. The third-order valence-electron chi connectivity index (χ3n) is 3.17. The summed E-state index contributed by atoms with van der Waals surface area (Å²) in [6.07, 6.45) is -1.60. The molecule has 0 amide bonds. The summed E-state index contributed by atoms with van der Waals surface area (Å²) in [7, 11) is 1.07. The van der Waals surface area contributed by atoms with E-state index < -0.39 is 54.6 Å². The van der Waals surface area contributed by atoms with E-state index in [1.165, 1.54) is 0 Å². The molecule has 10 heteroatoms. The van der Waals surface area contributed by atoms with Crippen LogP contribution >= 0.6 is 0 Å². The topological polar surface area (TPSA) is 124 Å². The fourth-order valence-corrected chi connectivity index (χ4v) is 2.34. The fourth-order valence-electron chi connectivity index (χ4n) is 2.34. The van der Waals surface area contributed by atoms with Crippen molar-refractivity contribution in [1.29, 1.82) is 0 Å². The molecule has 1 aliphatic rings. The number of rotatable bonds is 7. The van der Waals surface area contributed by atoms with E-state index >= 15 is 0 Å².